The summed E-state index contributed by atoms with van der Waals surface area (Å²) in [5.41, 5.74) is 0.516. The lowest BCUT2D eigenvalue weighted by molar-refractivity contribution is -0.181. The Labute approximate surface area is 115 Å². The van der Waals surface area contributed by atoms with Crippen molar-refractivity contribution in [3.8, 4) is 0 Å². The lowest BCUT2D eigenvalue weighted by Gasteiger charge is -2.32. The summed E-state index contributed by atoms with van der Waals surface area (Å²) in [5.74, 6) is -2.07. The number of benzene rings is 1. The lowest BCUT2D eigenvalue weighted by atomic mass is 9.82. The van der Waals surface area contributed by atoms with Crippen LogP contribution in [0.3, 0.4) is 0 Å². The predicted octanol–water partition coefficient (Wildman–Crippen LogP) is 1.17. The number of amides is 2. The molecule has 2 amide bonds. The zero-order chi connectivity index (χ0) is 14.3. The van der Waals surface area contributed by atoms with Gasteiger partial charge in [-0.3, -0.25) is 9.59 Å². The Morgan fingerprint density at radius 3 is 2.20 bits per heavy atom. The molecular weight excluding hydrogens is 262 g/mol. The van der Waals surface area contributed by atoms with Gasteiger partial charge in [0.15, 0.2) is 0 Å². The van der Waals surface area contributed by atoms with Crippen LogP contribution in [-0.4, -0.2) is 36.1 Å². The number of ether oxygens (including phenoxy) is 1. The van der Waals surface area contributed by atoms with Crippen LogP contribution in [-0.2, 0) is 14.4 Å². The van der Waals surface area contributed by atoms with Gasteiger partial charge in [0.25, 0.3) is 11.8 Å². The number of hydroxylamine groups is 2. The van der Waals surface area contributed by atoms with Gasteiger partial charge < -0.3 is 9.57 Å². The van der Waals surface area contributed by atoms with Crippen LogP contribution in [0.25, 0.3) is 0 Å². The Morgan fingerprint density at radius 2 is 1.70 bits per heavy atom. The number of carbonyl (C=O) groups is 3. The summed E-state index contributed by atoms with van der Waals surface area (Å²) in [6.07, 6.45) is 1.16. The lowest BCUT2D eigenvalue weighted by Crippen LogP contribution is -2.41. The Kier molecular flexibility index (Phi) is 3.02. The minimum atomic E-state index is -0.596. The Balaban J connectivity index is 1.69. The normalized spacial score (nSPS) is 24.4. The topological polar surface area (TPSA) is 72.9 Å². The van der Waals surface area contributed by atoms with Gasteiger partial charge in [-0.1, -0.05) is 17.2 Å². The van der Waals surface area contributed by atoms with Crippen LogP contribution >= 0.6 is 0 Å². The minimum Gasteiger partial charge on any atom is -0.381 e. The Hall–Kier alpha value is -2.21. The van der Waals surface area contributed by atoms with Gasteiger partial charge in [-0.15, -0.1) is 0 Å². The fourth-order valence-electron chi connectivity index (χ4n) is 2.37. The first-order valence-electron chi connectivity index (χ1n) is 6.34. The molecule has 0 N–H and O–H groups in total. The number of carbonyl (C=O) groups excluding carboxylic acids is 3. The molecule has 20 heavy (non-hydrogen) atoms. The van der Waals surface area contributed by atoms with E-state index in [1.165, 1.54) is 12.1 Å². The molecule has 0 saturated heterocycles. The molecule has 0 radical (unpaired) electrons. The second kappa shape index (κ2) is 4.72. The van der Waals surface area contributed by atoms with Crippen molar-refractivity contribution in [3.63, 3.8) is 0 Å². The highest BCUT2D eigenvalue weighted by molar-refractivity contribution is 6.20. The number of fused-ring (bicyclic) bond motifs is 1. The summed E-state index contributed by atoms with van der Waals surface area (Å²) in [6, 6.07) is 6.39. The first-order chi connectivity index (χ1) is 9.61. The maximum Gasteiger partial charge on any atom is 0.336 e. The van der Waals surface area contributed by atoms with Crippen LogP contribution in [0.5, 0.6) is 0 Å². The summed E-state index contributed by atoms with van der Waals surface area (Å²) in [4.78, 5) is 40.8. The molecule has 1 aliphatic heterocycles. The molecule has 1 aromatic carbocycles. The number of hydrogen-bond donors (Lipinski definition) is 0. The average Bonchev–Trinajstić information content (AvgIpc) is 2.64. The maximum atomic E-state index is 12.0. The van der Waals surface area contributed by atoms with Crippen LogP contribution < -0.4 is 0 Å². The third-order valence-electron chi connectivity index (χ3n) is 3.70. The van der Waals surface area contributed by atoms with E-state index < -0.39 is 17.8 Å². The molecule has 3 rings (SSSR count). The Morgan fingerprint density at radius 1 is 1.15 bits per heavy atom. The molecule has 1 heterocycles. The van der Waals surface area contributed by atoms with Crippen molar-refractivity contribution in [2.24, 2.45) is 5.92 Å². The van der Waals surface area contributed by atoms with Gasteiger partial charge in [0.2, 0.25) is 0 Å². The molecule has 0 aromatic heterocycles. The molecule has 1 aliphatic carbocycles. The van der Waals surface area contributed by atoms with Crippen molar-refractivity contribution in [1.29, 1.82) is 0 Å². The molecule has 6 heteroatoms. The van der Waals surface area contributed by atoms with Gasteiger partial charge in [-0.2, -0.15) is 0 Å². The molecule has 0 spiro atoms. The van der Waals surface area contributed by atoms with Crippen molar-refractivity contribution >= 4 is 17.8 Å². The van der Waals surface area contributed by atoms with Gasteiger partial charge in [-0.05, 0) is 25.0 Å². The molecule has 1 fully saturated rings. The van der Waals surface area contributed by atoms with Gasteiger partial charge in [-0.25, -0.2) is 4.79 Å². The number of hydrogen-bond acceptors (Lipinski definition) is 5. The van der Waals surface area contributed by atoms with Gasteiger partial charge in [0, 0.05) is 7.11 Å². The van der Waals surface area contributed by atoms with E-state index in [1.807, 2.05) is 0 Å². The third kappa shape index (κ3) is 1.89. The molecule has 0 atom stereocenters. The number of imide groups is 1. The monoisotopic (exact) mass is 275 g/mol. The molecule has 1 aromatic rings. The molecule has 6 nitrogen and oxygen atoms in total. The van der Waals surface area contributed by atoms with Crippen LogP contribution in [0, 0.1) is 5.92 Å². The number of nitrogens with zero attached hydrogens (tertiary/aromatic N) is 1. The van der Waals surface area contributed by atoms with E-state index in [4.69, 9.17) is 9.57 Å². The molecule has 104 valence electrons. The quantitative estimate of drug-likeness (QED) is 0.774. The largest absolute Gasteiger partial charge is 0.381 e. The van der Waals surface area contributed by atoms with E-state index in [9.17, 15) is 14.4 Å². The van der Waals surface area contributed by atoms with Crippen molar-refractivity contribution in [3.05, 3.63) is 35.4 Å². The summed E-state index contributed by atoms with van der Waals surface area (Å²) in [5, 5.41) is 0.549. The highest BCUT2D eigenvalue weighted by Crippen LogP contribution is 2.32. The van der Waals surface area contributed by atoms with E-state index in [0.29, 0.717) is 17.9 Å². The van der Waals surface area contributed by atoms with Gasteiger partial charge >= 0.3 is 5.97 Å². The van der Waals surface area contributed by atoms with Crippen molar-refractivity contribution in [1.82, 2.24) is 5.06 Å². The highest BCUT2D eigenvalue weighted by atomic mass is 16.7. The number of rotatable bonds is 3. The third-order valence-corrected chi connectivity index (χ3v) is 3.70. The second-order valence-corrected chi connectivity index (χ2v) is 4.89. The van der Waals surface area contributed by atoms with Gasteiger partial charge in [0.05, 0.1) is 23.1 Å². The van der Waals surface area contributed by atoms with Gasteiger partial charge in [0.1, 0.15) is 0 Å². The van der Waals surface area contributed by atoms with E-state index in [0.717, 1.165) is 0 Å². The maximum absolute atomic E-state index is 12.0. The molecular formula is C14H13NO5. The van der Waals surface area contributed by atoms with Crippen LogP contribution in [0.2, 0.25) is 0 Å². The van der Waals surface area contributed by atoms with E-state index >= 15 is 0 Å². The van der Waals surface area contributed by atoms with Crippen molar-refractivity contribution < 1.29 is 24.0 Å². The van der Waals surface area contributed by atoms with Crippen LogP contribution in [0.1, 0.15) is 33.6 Å². The molecule has 0 bridgehead atoms. The average molecular weight is 275 g/mol. The Bertz CT molecular complexity index is 556. The molecule has 0 unspecified atom stereocenters. The summed E-state index contributed by atoms with van der Waals surface area (Å²) >= 11 is 0. The first-order valence-corrected chi connectivity index (χ1v) is 6.34. The fraction of sp³-hybridized carbons (Fsp3) is 0.357. The first kappa shape index (κ1) is 12.8. The van der Waals surface area contributed by atoms with E-state index in [-0.39, 0.29) is 23.1 Å². The van der Waals surface area contributed by atoms with Crippen LogP contribution in [0.4, 0.5) is 0 Å². The number of methoxy groups -OCH3 is 1. The summed E-state index contributed by atoms with van der Waals surface area (Å²) in [6.45, 7) is 0. The minimum absolute atomic E-state index is 0.0507. The van der Waals surface area contributed by atoms with E-state index in [2.05, 4.69) is 0 Å². The zero-order valence-electron chi connectivity index (χ0n) is 10.9. The van der Waals surface area contributed by atoms with Crippen LogP contribution in [0.15, 0.2) is 24.3 Å². The predicted molar refractivity (Wildman–Crippen MR) is 66.6 cm³/mol. The summed E-state index contributed by atoms with van der Waals surface area (Å²) in [7, 11) is 1.58. The fourth-order valence-corrected chi connectivity index (χ4v) is 2.37. The van der Waals surface area contributed by atoms with Crippen molar-refractivity contribution in [2.75, 3.05) is 7.11 Å². The smallest absolute Gasteiger partial charge is 0.336 e. The summed E-state index contributed by atoms with van der Waals surface area (Å²) < 4.78 is 5.07. The zero-order valence-corrected chi connectivity index (χ0v) is 10.9. The molecule has 1 saturated carbocycles. The SMILES string of the molecule is COC1CC(C(=O)ON2C(=O)c3ccccc3C2=O)C1. The van der Waals surface area contributed by atoms with E-state index in [1.54, 1.807) is 19.2 Å². The standard InChI is InChI=1S/C14H13NO5/c1-19-9-6-8(7-9)14(18)20-15-12(16)10-4-2-3-5-11(10)13(15)17/h2-5,8-9H,6-7H2,1H3. The molecule has 2 aliphatic rings. The second-order valence-electron chi connectivity index (χ2n) is 4.89. The highest BCUT2D eigenvalue weighted by Gasteiger charge is 2.42. The van der Waals surface area contributed by atoms with Crippen molar-refractivity contribution in [2.45, 2.75) is 18.9 Å².